The highest BCUT2D eigenvalue weighted by Crippen LogP contribution is 2.26. The summed E-state index contributed by atoms with van der Waals surface area (Å²) >= 11 is 0.841. The first-order chi connectivity index (χ1) is 10.9. The molecule has 1 N–H and O–H groups in total. The minimum absolute atomic E-state index is 0.158. The minimum Gasteiger partial charge on any atom is -0.301 e. The van der Waals surface area contributed by atoms with Gasteiger partial charge in [0.05, 0.1) is 5.69 Å². The number of carbonyl (C=O) groups excluding carboxylic acids is 1. The largest absolute Gasteiger partial charge is 0.301 e. The van der Waals surface area contributed by atoms with Gasteiger partial charge in [-0.05, 0) is 18.6 Å². The van der Waals surface area contributed by atoms with Crippen LogP contribution < -0.4 is 9.62 Å². The number of para-hydroxylation sites is 1. The highest BCUT2D eigenvalue weighted by molar-refractivity contribution is 7.94. The van der Waals surface area contributed by atoms with Crippen LogP contribution in [0.15, 0.2) is 34.7 Å². The topological polar surface area (TPSA) is 92.3 Å². The standard InChI is InChI=1S/C14H18N4O3S2/c1-3-4-10-12(19)15-13-16-17-14(22-13)23(20,21)18(2)11-8-6-5-7-9-11/h5-9H,3-4,10H2,1-2H3,(H,15,16,19). The fourth-order valence-electron chi connectivity index (χ4n) is 1.78. The van der Waals surface area contributed by atoms with Crippen LogP contribution in [0.2, 0.25) is 0 Å². The number of sulfonamides is 1. The molecule has 0 aliphatic heterocycles. The zero-order chi connectivity index (χ0) is 16.9. The maximum absolute atomic E-state index is 12.5. The molecule has 0 saturated carbocycles. The molecule has 0 aliphatic carbocycles. The Kier molecular flexibility index (Phi) is 5.67. The molecule has 1 aromatic heterocycles. The Labute approximate surface area is 139 Å². The van der Waals surface area contributed by atoms with Crippen LogP contribution >= 0.6 is 11.3 Å². The van der Waals surface area contributed by atoms with Crippen molar-refractivity contribution in [3.63, 3.8) is 0 Å². The molecule has 0 saturated heterocycles. The molecule has 2 aromatic rings. The lowest BCUT2D eigenvalue weighted by Crippen LogP contribution is -2.26. The summed E-state index contributed by atoms with van der Waals surface area (Å²) in [5.41, 5.74) is 0.524. The van der Waals surface area contributed by atoms with E-state index in [2.05, 4.69) is 15.5 Å². The fourth-order valence-corrected chi connectivity index (χ4v) is 4.04. The molecule has 0 atom stereocenters. The van der Waals surface area contributed by atoms with Crippen LogP contribution in [0.4, 0.5) is 10.8 Å². The van der Waals surface area contributed by atoms with Crippen LogP contribution in [-0.2, 0) is 14.8 Å². The third kappa shape index (κ3) is 4.26. The molecule has 0 spiro atoms. The van der Waals surface area contributed by atoms with Crippen molar-refractivity contribution in [1.29, 1.82) is 0 Å². The summed E-state index contributed by atoms with van der Waals surface area (Å²) in [5.74, 6) is -0.191. The molecule has 0 radical (unpaired) electrons. The van der Waals surface area contributed by atoms with Gasteiger partial charge in [0.1, 0.15) is 0 Å². The van der Waals surface area contributed by atoms with Gasteiger partial charge in [-0.1, -0.05) is 42.9 Å². The second-order valence-electron chi connectivity index (χ2n) is 4.83. The van der Waals surface area contributed by atoms with Gasteiger partial charge in [-0.15, -0.1) is 10.2 Å². The number of hydrogen-bond donors (Lipinski definition) is 1. The Hall–Kier alpha value is -2.00. The lowest BCUT2D eigenvalue weighted by atomic mass is 10.2. The van der Waals surface area contributed by atoms with Crippen molar-refractivity contribution in [3.8, 4) is 0 Å². The first-order valence-corrected chi connectivity index (χ1v) is 9.38. The number of rotatable bonds is 7. The van der Waals surface area contributed by atoms with Gasteiger partial charge >= 0.3 is 0 Å². The number of aromatic nitrogens is 2. The van der Waals surface area contributed by atoms with E-state index in [1.54, 1.807) is 30.3 Å². The van der Waals surface area contributed by atoms with Crippen molar-refractivity contribution in [2.45, 2.75) is 30.5 Å². The molecule has 9 heteroatoms. The molecule has 0 fully saturated rings. The molecule has 1 heterocycles. The van der Waals surface area contributed by atoms with Crippen LogP contribution in [0.3, 0.4) is 0 Å². The van der Waals surface area contributed by atoms with Crippen molar-refractivity contribution in [3.05, 3.63) is 30.3 Å². The number of amides is 1. The molecule has 0 aliphatic rings. The summed E-state index contributed by atoms with van der Waals surface area (Å²) in [6.45, 7) is 1.99. The summed E-state index contributed by atoms with van der Waals surface area (Å²) in [7, 11) is -2.35. The van der Waals surface area contributed by atoms with E-state index in [-0.39, 0.29) is 15.4 Å². The summed E-state index contributed by atoms with van der Waals surface area (Å²) in [4.78, 5) is 11.7. The smallest absolute Gasteiger partial charge is 0.293 e. The Morgan fingerprint density at radius 1 is 1.26 bits per heavy atom. The number of nitrogens with one attached hydrogen (secondary N) is 1. The van der Waals surface area contributed by atoms with E-state index in [4.69, 9.17) is 0 Å². The third-order valence-electron chi connectivity index (χ3n) is 3.11. The monoisotopic (exact) mass is 354 g/mol. The van der Waals surface area contributed by atoms with Crippen molar-refractivity contribution in [2.75, 3.05) is 16.7 Å². The van der Waals surface area contributed by atoms with Crippen LogP contribution in [0.25, 0.3) is 0 Å². The number of anilines is 2. The second-order valence-corrected chi connectivity index (χ2v) is 7.95. The summed E-state index contributed by atoms with van der Waals surface area (Å²) in [5, 5.41) is 10.2. The maximum Gasteiger partial charge on any atom is 0.293 e. The van der Waals surface area contributed by atoms with Crippen molar-refractivity contribution in [1.82, 2.24) is 10.2 Å². The number of benzene rings is 1. The van der Waals surface area contributed by atoms with Crippen LogP contribution in [-0.4, -0.2) is 31.6 Å². The Bertz CT molecular complexity index is 759. The first kappa shape index (κ1) is 17.4. The highest BCUT2D eigenvalue weighted by Gasteiger charge is 2.26. The zero-order valence-electron chi connectivity index (χ0n) is 12.9. The van der Waals surface area contributed by atoms with E-state index < -0.39 is 10.0 Å². The Morgan fingerprint density at radius 2 is 1.96 bits per heavy atom. The molecule has 1 amide bonds. The molecule has 124 valence electrons. The number of nitrogens with zero attached hydrogens (tertiary/aromatic N) is 3. The number of carbonyl (C=O) groups is 1. The maximum atomic E-state index is 12.5. The average molecular weight is 354 g/mol. The Balaban J connectivity index is 2.14. The van der Waals surface area contributed by atoms with Gasteiger partial charge in [-0.2, -0.15) is 8.42 Å². The fraction of sp³-hybridized carbons (Fsp3) is 0.357. The van der Waals surface area contributed by atoms with Gasteiger partial charge in [-0.25, -0.2) is 0 Å². The number of hydrogen-bond acceptors (Lipinski definition) is 6. The van der Waals surface area contributed by atoms with Crippen LogP contribution in [0.1, 0.15) is 26.2 Å². The molecule has 23 heavy (non-hydrogen) atoms. The molecule has 0 unspecified atom stereocenters. The predicted molar refractivity (Wildman–Crippen MR) is 90.1 cm³/mol. The van der Waals surface area contributed by atoms with Gasteiger partial charge in [0.15, 0.2) is 0 Å². The second kappa shape index (κ2) is 7.51. The highest BCUT2D eigenvalue weighted by atomic mass is 32.2. The molecule has 2 rings (SSSR count). The van der Waals surface area contributed by atoms with Gasteiger partial charge in [0.2, 0.25) is 11.0 Å². The quantitative estimate of drug-likeness (QED) is 0.771. The van der Waals surface area contributed by atoms with Gasteiger partial charge < -0.3 is 5.32 Å². The molecule has 0 bridgehead atoms. The SMILES string of the molecule is CCCCC(=O)Nc1nnc(S(=O)(=O)N(C)c2ccccc2)s1. The molecular weight excluding hydrogens is 336 g/mol. The van der Waals surface area contributed by atoms with Crippen LogP contribution in [0.5, 0.6) is 0 Å². The van der Waals surface area contributed by atoms with Gasteiger partial charge in [0, 0.05) is 13.5 Å². The number of unbranched alkanes of at least 4 members (excludes halogenated alkanes) is 1. The average Bonchev–Trinajstić information content (AvgIpc) is 3.02. The van der Waals surface area contributed by atoms with E-state index in [9.17, 15) is 13.2 Å². The van der Waals surface area contributed by atoms with E-state index in [0.29, 0.717) is 12.1 Å². The predicted octanol–water partition coefficient (Wildman–Crippen LogP) is 2.49. The summed E-state index contributed by atoms with van der Waals surface area (Å²) in [6.07, 6.45) is 2.06. The lowest BCUT2D eigenvalue weighted by Gasteiger charge is -2.16. The first-order valence-electron chi connectivity index (χ1n) is 7.12. The lowest BCUT2D eigenvalue weighted by molar-refractivity contribution is -0.116. The normalized spacial score (nSPS) is 11.2. The molecule has 7 nitrogen and oxygen atoms in total. The van der Waals surface area contributed by atoms with Crippen molar-refractivity contribution < 1.29 is 13.2 Å². The van der Waals surface area contributed by atoms with Crippen molar-refractivity contribution in [2.24, 2.45) is 0 Å². The van der Waals surface area contributed by atoms with Gasteiger partial charge in [0.25, 0.3) is 14.4 Å². The Morgan fingerprint density at radius 3 is 2.61 bits per heavy atom. The van der Waals surface area contributed by atoms with E-state index in [0.717, 1.165) is 28.5 Å². The molecular formula is C14H18N4O3S2. The van der Waals surface area contributed by atoms with Crippen molar-refractivity contribution >= 4 is 38.1 Å². The van der Waals surface area contributed by atoms with E-state index in [1.165, 1.54) is 7.05 Å². The minimum atomic E-state index is -3.80. The summed E-state index contributed by atoms with van der Waals surface area (Å²) < 4.78 is 26.0. The zero-order valence-corrected chi connectivity index (χ0v) is 14.5. The van der Waals surface area contributed by atoms with Crippen LogP contribution in [0, 0.1) is 0 Å². The van der Waals surface area contributed by atoms with E-state index >= 15 is 0 Å². The summed E-state index contributed by atoms with van der Waals surface area (Å²) in [6, 6.07) is 8.68. The van der Waals surface area contributed by atoms with Gasteiger partial charge in [-0.3, -0.25) is 9.10 Å². The third-order valence-corrected chi connectivity index (χ3v) is 6.08. The van der Waals surface area contributed by atoms with E-state index in [1.807, 2.05) is 6.92 Å². The molecule has 1 aromatic carbocycles.